The number of Topliss-reactive ketones (excluding diaryl/α,β-unsaturated/α-hetero) is 1. The largest absolute Gasteiger partial charge is 0.497 e. The lowest BCUT2D eigenvalue weighted by Gasteiger charge is -2.16. The van der Waals surface area contributed by atoms with Crippen molar-refractivity contribution in [3.8, 4) is 11.5 Å². The molecular formula is C17H23NO3. The fourth-order valence-corrected chi connectivity index (χ4v) is 2.76. The molecule has 1 aliphatic carbocycles. The molecule has 0 aliphatic heterocycles. The van der Waals surface area contributed by atoms with Crippen LogP contribution in [0.3, 0.4) is 0 Å². The highest BCUT2D eigenvalue weighted by atomic mass is 16.5. The van der Waals surface area contributed by atoms with Gasteiger partial charge in [-0.2, -0.15) is 0 Å². The number of benzene rings is 1. The molecule has 21 heavy (non-hydrogen) atoms. The first-order valence-corrected chi connectivity index (χ1v) is 7.11. The average molecular weight is 289 g/mol. The van der Waals surface area contributed by atoms with Crippen LogP contribution >= 0.6 is 0 Å². The van der Waals surface area contributed by atoms with E-state index in [4.69, 9.17) is 9.47 Å². The van der Waals surface area contributed by atoms with Gasteiger partial charge in [-0.15, -0.1) is 0 Å². The van der Waals surface area contributed by atoms with E-state index in [1.54, 1.807) is 14.2 Å². The molecule has 0 heterocycles. The van der Waals surface area contributed by atoms with Gasteiger partial charge in [0.2, 0.25) is 0 Å². The lowest BCUT2D eigenvalue weighted by atomic mass is 10.0. The minimum Gasteiger partial charge on any atom is -0.497 e. The van der Waals surface area contributed by atoms with Crippen molar-refractivity contribution in [3.63, 3.8) is 0 Å². The lowest BCUT2D eigenvalue weighted by molar-refractivity contribution is -0.118. The number of nitrogens with zero attached hydrogens (tertiary/aromatic N) is 1. The third kappa shape index (κ3) is 3.27. The Morgan fingerprint density at radius 1 is 1.14 bits per heavy atom. The van der Waals surface area contributed by atoms with Crippen molar-refractivity contribution < 1.29 is 14.3 Å². The predicted octanol–water partition coefficient (Wildman–Crippen LogP) is 2.63. The summed E-state index contributed by atoms with van der Waals surface area (Å²) in [6.07, 6.45) is 2.83. The fraction of sp³-hybridized carbons (Fsp3) is 0.471. The number of ether oxygens (including phenoxy) is 2. The molecule has 4 heteroatoms. The second-order valence-corrected chi connectivity index (χ2v) is 5.73. The molecule has 1 fully saturated rings. The van der Waals surface area contributed by atoms with Crippen LogP contribution in [0.25, 0.3) is 6.08 Å². The molecular weight excluding hydrogens is 266 g/mol. The molecule has 2 rings (SSSR count). The molecule has 0 N–H and O–H groups in total. The van der Waals surface area contributed by atoms with Crippen LogP contribution in [0.5, 0.6) is 11.5 Å². The van der Waals surface area contributed by atoms with Crippen molar-refractivity contribution in [2.24, 2.45) is 5.92 Å². The van der Waals surface area contributed by atoms with Gasteiger partial charge in [0.05, 0.1) is 20.3 Å². The van der Waals surface area contributed by atoms with Gasteiger partial charge < -0.3 is 9.47 Å². The summed E-state index contributed by atoms with van der Waals surface area (Å²) in [7, 11) is 7.15. The molecule has 0 saturated heterocycles. The first-order chi connectivity index (χ1) is 9.96. The summed E-state index contributed by atoms with van der Waals surface area (Å²) in [6, 6.07) is 5.64. The topological polar surface area (TPSA) is 38.8 Å². The van der Waals surface area contributed by atoms with Gasteiger partial charge in [0.25, 0.3) is 0 Å². The zero-order chi connectivity index (χ0) is 15.6. The highest BCUT2D eigenvalue weighted by Gasteiger charge is 2.35. The second-order valence-electron chi connectivity index (χ2n) is 5.73. The van der Waals surface area contributed by atoms with E-state index >= 15 is 0 Å². The van der Waals surface area contributed by atoms with Crippen LogP contribution in [0.15, 0.2) is 23.8 Å². The number of carbonyl (C=O) groups is 1. The molecule has 0 spiro atoms. The van der Waals surface area contributed by atoms with Gasteiger partial charge in [0.15, 0.2) is 5.78 Å². The summed E-state index contributed by atoms with van der Waals surface area (Å²) in [5.41, 5.74) is 1.81. The summed E-state index contributed by atoms with van der Waals surface area (Å²) in [4.78, 5) is 14.5. The van der Waals surface area contributed by atoms with Crippen molar-refractivity contribution in [1.29, 1.82) is 0 Å². The van der Waals surface area contributed by atoms with Crippen LogP contribution in [0.4, 0.5) is 0 Å². The van der Waals surface area contributed by atoms with Gasteiger partial charge in [-0.1, -0.05) is 6.92 Å². The molecule has 1 saturated carbocycles. The van der Waals surface area contributed by atoms with Gasteiger partial charge in [0.1, 0.15) is 11.5 Å². The van der Waals surface area contributed by atoms with E-state index in [9.17, 15) is 4.79 Å². The minimum absolute atomic E-state index is 0.0150. The molecule has 1 aromatic carbocycles. The van der Waals surface area contributed by atoms with Gasteiger partial charge in [0, 0.05) is 11.6 Å². The Hall–Kier alpha value is -1.81. The normalized spacial score (nSPS) is 23.9. The van der Waals surface area contributed by atoms with E-state index < -0.39 is 0 Å². The fourth-order valence-electron chi connectivity index (χ4n) is 2.76. The van der Waals surface area contributed by atoms with Crippen molar-refractivity contribution in [2.45, 2.75) is 19.4 Å². The smallest absolute Gasteiger partial charge is 0.176 e. The van der Waals surface area contributed by atoms with E-state index in [0.29, 0.717) is 0 Å². The number of methoxy groups -OCH3 is 2. The average Bonchev–Trinajstić information content (AvgIpc) is 2.75. The Kier molecular flexibility index (Phi) is 4.68. The van der Waals surface area contributed by atoms with Gasteiger partial charge >= 0.3 is 0 Å². The van der Waals surface area contributed by atoms with E-state index in [-0.39, 0.29) is 17.7 Å². The number of ketones is 1. The molecule has 1 aliphatic rings. The zero-order valence-corrected chi connectivity index (χ0v) is 13.3. The van der Waals surface area contributed by atoms with Crippen molar-refractivity contribution in [2.75, 3.05) is 28.3 Å². The maximum atomic E-state index is 12.5. The van der Waals surface area contributed by atoms with Gasteiger partial charge in [-0.3, -0.25) is 9.69 Å². The lowest BCUT2D eigenvalue weighted by Crippen LogP contribution is -2.31. The van der Waals surface area contributed by atoms with E-state index in [2.05, 4.69) is 6.92 Å². The highest BCUT2D eigenvalue weighted by molar-refractivity contribution is 6.05. The quantitative estimate of drug-likeness (QED) is 0.799. The predicted molar refractivity (Wildman–Crippen MR) is 83.8 cm³/mol. The van der Waals surface area contributed by atoms with Crippen LogP contribution < -0.4 is 9.47 Å². The van der Waals surface area contributed by atoms with Crippen molar-refractivity contribution in [1.82, 2.24) is 4.90 Å². The molecule has 2 unspecified atom stereocenters. The number of carbonyl (C=O) groups excluding carboxylic acids is 1. The zero-order valence-electron chi connectivity index (χ0n) is 13.3. The second kappa shape index (κ2) is 6.31. The Morgan fingerprint density at radius 2 is 1.71 bits per heavy atom. The van der Waals surface area contributed by atoms with Crippen LogP contribution in [0, 0.1) is 5.92 Å². The third-order valence-electron chi connectivity index (χ3n) is 4.01. The van der Waals surface area contributed by atoms with Crippen molar-refractivity contribution in [3.05, 3.63) is 29.3 Å². The van der Waals surface area contributed by atoms with E-state index in [1.165, 1.54) is 0 Å². The number of hydrogen-bond donors (Lipinski definition) is 0. The number of likely N-dealkylation sites (N-methyl/N-ethyl adjacent to an activating group) is 1. The van der Waals surface area contributed by atoms with E-state index in [1.807, 2.05) is 43.3 Å². The molecule has 0 radical (unpaired) electrons. The van der Waals surface area contributed by atoms with Crippen molar-refractivity contribution >= 4 is 11.9 Å². The Bertz CT molecular complexity index is 541. The SMILES string of the molecule is COc1cc(C=C2C(=O)C(N(C)C)CC2C)cc(OC)c1. The monoisotopic (exact) mass is 289 g/mol. The van der Waals surface area contributed by atoms with Crippen LogP contribution in [-0.2, 0) is 4.79 Å². The molecule has 2 atom stereocenters. The molecule has 1 aromatic rings. The van der Waals surface area contributed by atoms with Gasteiger partial charge in [-0.25, -0.2) is 0 Å². The first kappa shape index (κ1) is 15.6. The van der Waals surface area contributed by atoms with E-state index in [0.717, 1.165) is 29.1 Å². The summed E-state index contributed by atoms with van der Waals surface area (Å²) >= 11 is 0. The third-order valence-corrected chi connectivity index (χ3v) is 4.01. The summed E-state index contributed by atoms with van der Waals surface area (Å²) in [5, 5.41) is 0. The van der Waals surface area contributed by atoms with Crippen LogP contribution in [0.1, 0.15) is 18.9 Å². The maximum absolute atomic E-state index is 12.5. The molecule has 0 aromatic heterocycles. The molecule has 0 bridgehead atoms. The first-order valence-electron chi connectivity index (χ1n) is 7.11. The summed E-state index contributed by atoms with van der Waals surface area (Å²) < 4.78 is 10.5. The highest BCUT2D eigenvalue weighted by Crippen LogP contribution is 2.33. The van der Waals surface area contributed by atoms with Gasteiger partial charge in [-0.05, 0) is 50.2 Å². The Labute approximate surface area is 126 Å². The Balaban J connectivity index is 2.37. The summed E-state index contributed by atoms with van der Waals surface area (Å²) in [6.45, 7) is 2.10. The molecule has 4 nitrogen and oxygen atoms in total. The Morgan fingerprint density at radius 3 is 2.14 bits per heavy atom. The number of hydrogen-bond acceptors (Lipinski definition) is 4. The van der Waals surface area contributed by atoms with Crippen LogP contribution in [-0.4, -0.2) is 45.0 Å². The number of rotatable bonds is 4. The summed E-state index contributed by atoms with van der Waals surface area (Å²) in [5.74, 6) is 1.93. The molecule has 114 valence electrons. The van der Waals surface area contributed by atoms with Crippen LogP contribution in [0.2, 0.25) is 0 Å². The standard InChI is InChI=1S/C17H23NO3/c1-11-6-16(18(2)3)17(19)15(11)9-12-7-13(20-4)10-14(8-12)21-5/h7-11,16H,6H2,1-5H3. The maximum Gasteiger partial charge on any atom is 0.176 e. The minimum atomic E-state index is -0.0150. The molecule has 0 amide bonds.